The molecule has 186 valence electrons. The van der Waals surface area contributed by atoms with Gasteiger partial charge in [-0.05, 0) is 42.2 Å². The third kappa shape index (κ3) is 5.30. The van der Waals surface area contributed by atoms with Crippen LogP contribution in [0.2, 0.25) is 18.1 Å². The van der Waals surface area contributed by atoms with Gasteiger partial charge in [-0.15, -0.1) is 0 Å². The Bertz CT molecular complexity index is 974. The van der Waals surface area contributed by atoms with Gasteiger partial charge >= 0.3 is 6.09 Å². The van der Waals surface area contributed by atoms with Crippen LogP contribution < -0.4 is 0 Å². The Morgan fingerprint density at radius 3 is 2.32 bits per heavy atom. The highest BCUT2D eigenvalue weighted by Crippen LogP contribution is 2.40. The van der Waals surface area contributed by atoms with Crippen molar-refractivity contribution >= 4 is 31.9 Å². The number of hydrogen-bond donors (Lipinski definition) is 0. The van der Waals surface area contributed by atoms with Crippen molar-refractivity contribution in [3.63, 3.8) is 0 Å². The zero-order valence-corrected chi connectivity index (χ0v) is 21.6. The van der Waals surface area contributed by atoms with Gasteiger partial charge < -0.3 is 14.1 Å². The van der Waals surface area contributed by atoms with Crippen molar-refractivity contribution < 1.29 is 28.5 Å². The van der Waals surface area contributed by atoms with Gasteiger partial charge in [-0.25, -0.2) is 4.79 Å². The summed E-state index contributed by atoms with van der Waals surface area (Å²) < 4.78 is 12.0. The molecule has 0 spiro atoms. The zero-order valence-electron chi connectivity index (χ0n) is 20.6. The Morgan fingerprint density at radius 1 is 1.21 bits per heavy atom. The second-order valence-corrected chi connectivity index (χ2v) is 15.3. The molecule has 2 heterocycles. The van der Waals surface area contributed by atoms with E-state index < -0.39 is 31.3 Å². The highest BCUT2D eigenvalue weighted by Gasteiger charge is 2.50. The van der Waals surface area contributed by atoms with E-state index >= 15 is 0 Å². The normalized spacial score (nSPS) is 23.5. The Morgan fingerprint density at radius 2 is 1.82 bits per heavy atom. The molecule has 1 aromatic rings. The fourth-order valence-electron chi connectivity index (χ4n) is 4.12. The van der Waals surface area contributed by atoms with Crippen molar-refractivity contribution in [3.8, 4) is 0 Å². The number of carbonyl (C=O) groups excluding carboxylic acids is 3. The quantitative estimate of drug-likeness (QED) is 0.257. The number of nitro groups is 1. The summed E-state index contributed by atoms with van der Waals surface area (Å²) in [4.78, 5) is 50.9. The third-order valence-corrected chi connectivity index (χ3v) is 11.7. The number of benzene rings is 1. The van der Waals surface area contributed by atoms with Crippen LogP contribution in [-0.4, -0.2) is 66.7 Å². The summed E-state index contributed by atoms with van der Waals surface area (Å²) in [5.74, 6) is -1.18. The molecule has 0 saturated carbocycles. The molecule has 2 aliphatic heterocycles. The number of carbonyl (C=O) groups is 3. The van der Waals surface area contributed by atoms with E-state index in [1.54, 1.807) is 0 Å². The van der Waals surface area contributed by atoms with Gasteiger partial charge in [-0.2, -0.15) is 0 Å². The van der Waals surface area contributed by atoms with E-state index in [9.17, 15) is 24.5 Å². The average Bonchev–Trinajstić information content (AvgIpc) is 3.27. The van der Waals surface area contributed by atoms with Gasteiger partial charge in [-0.3, -0.25) is 24.6 Å². The van der Waals surface area contributed by atoms with Crippen LogP contribution in [0.1, 0.15) is 39.2 Å². The van der Waals surface area contributed by atoms with Gasteiger partial charge in [0.15, 0.2) is 8.32 Å². The maximum Gasteiger partial charge on any atom is 0.410 e. The summed E-state index contributed by atoms with van der Waals surface area (Å²) in [6.07, 6.45) is -0.346. The molecule has 0 aromatic heterocycles. The van der Waals surface area contributed by atoms with Crippen LogP contribution in [0.25, 0.3) is 0 Å². The van der Waals surface area contributed by atoms with Gasteiger partial charge in [0.25, 0.3) is 5.69 Å². The molecule has 0 N–H and O–H groups in total. The van der Waals surface area contributed by atoms with Crippen molar-refractivity contribution in [2.24, 2.45) is 5.92 Å². The smallest absolute Gasteiger partial charge is 0.410 e. The largest absolute Gasteiger partial charge is 0.445 e. The molecule has 0 radical (unpaired) electrons. The molecule has 0 bridgehead atoms. The first-order valence-electron chi connectivity index (χ1n) is 11.4. The SMILES string of the molecule is CN1C(=O)CC([C@@H]2C[C@@H](O[Si](C)(C)C(C)(C)C)CN2C(=O)OCc2ccc([N+](=O)[O-])cc2)C1=O. The summed E-state index contributed by atoms with van der Waals surface area (Å²) in [5, 5.41) is 10.8. The molecule has 1 unspecified atom stereocenters. The monoisotopic (exact) mass is 491 g/mol. The van der Waals surface area contributed by atoms with Gasteiger partial charge in [0.05, 0.1) is 16.9 Å². The Hall–Kier alpha value is -2.79. The first kappa shape index (κ1) is 25.8. The average molecular weight is 492 g/mol. The minimum Gasteiger partial charge on any atom is -0.445 e. The van der Waals surface area contributed by atoms with Crippen molar-refractivity contribution in [1.29, 1.82) is 0 Å². The standard InChI is InChI=1S/C23H33N3O7Si/c1-23(2,3)34(5,6)33-17-11-19(18-12-20(27)24(4)21(18)28)25(13-17)22(29)32-14-15-7-9-16(10-8-15)26(30)31/h7-10,17-19H,11-14H2,1-6H3/t17-,18?,19+/m1/s1. The van der Waals surface area contributed by atoms with Crippen molar-refractivity contribution in [3.05, 3.63) is 39.9 Å². The van der Waals surface area contributed by atoms with Crippen molar-refractivity contribution in [2.75, 3.05) is 13.6 Å². The lowest BCUT2D eigenvalue weighted by Crippen LogP contribution is -2.45. The van der Waals surface area contributed by atoms with E-state index in [0.29, 0.717) is 12.0 Å². The number of amides is 3. The van der Waals surface area contributed by atoms with Crippen molar-refractivity contribution in [1.82, 2.24) is 9.80 Å². The molecule has 11 heteroatoms. The molecule has 10 nitrogen and oxygen atoms in total. The molecule has 2 aliphatic rings. The third-order valence-electron chi connectivity index (χ3n) is 7.20. The highest BCUT2D eigenvalue weighted by molar-refractivity contribution is 6.74. The van der Waals surface area contributed by atoms with Crippen LogP contribution in [0.3, 0.4) is 0 Å². The molecular weight excluding hydrogens is 458 g/mol. The molecule has 2 saturated heterocycles. The van der Waals surface area contributed by atoms with Crippen LogP contribution in [0, 0.1) is 16.0 Å². The molecule has 34 heavy (non-hydrogen) atoms. The number of non-ortho nitro benzene ring substituents is 1. The topological polar surface area (TPSA) is 119 Å². The first-order valence-corrected chi connectivity index (χ1v) is 14.3. The predicted molar refractivity (Wildman–Crippen MR) is 126 cm³/mol. The van der Waals surface area contributed by atoms with Gasteiger partial charge in [0, 0.05) is 38.2 Å². The molecular formula is C23H33N3O7Si. The number of likely N-dealkylation sites (tertiary alicyclic amines) is 2. The second-order valence-electron chi connectivity index (χ2n) is 10.5. The van der Waals surface area contributed by atoms with Crippen LogP contribution in [-0.2, 0) is 25.4 Å². The van der Waals surface area contributed by atoms with Crippen LogP contribution in [0.15, 0.2) is 24.3 Å². The van der Waals surface area contributed by atoms with E-state index in [4.69, 9.17) is 9.16 Å². The molecule has 0 aliphatic carbocycles. The molecule has 2 fully saturated rings. The van der Waals surface area contributed by atoms with E-state index in [1.165, 1.54) is 36.2 Å². The van der Waals surface area contributed by atoms with E-state index in [-0.39, 0.29) is 48.2 Å². The first-order chi connectivity index (χ1) is 15.7. The summed E-state index contributed by atoms with van der Waals surface area (Å²) in [6, 6.07) is 5.27. The number of rotatable bonds is 6. The van der Waals surface area contributed by atoms with Gasteiger partial charge in [-0.1, -0.05) is 20.8 Å². The van der Waals surface area contributed by atoms with E-state index in [1.807, 2.05) is 0 Å². The predicted octanol–water partition coefficient (Wildman–Crippen LogP) is 3.70. The molecule has 3 amide bonds. The lowest BCUT2D eigenvalue weighted by molar-refractivity contribution is -0.384. The fraction of sp³-hybridized carbons (Fsp3) is 0.609. The number of ether oxygens (including phenoxy) is 1. The summed E-state index contributed by atoms with van der Waals surface area (Å²) in [5.41, 5.74) is 0.560. The maximum absolute atomic E-state index is 13.1. The maximum atomic E-state index is 13.1. The van der Waals surface area contributed by atoms with Crippen LogP contribution >= 0.6 is 0 Å². The summed E-state index contributed by atoms with van der Waals surface area (Å²) in [6.45, 7) is 10.9. The Labute approximate surface area is 200 Å². The number of imide groups is 1. The number of hydrogen-bond acceptors (Lipinski definition) is 7. The lowest BCUT2D eigenvalue weighted by atomic mass is 9.95. The van der Waals surface area contributed by atoms with Crippen molar-refractivity contribution in [2.45, 2.75) is 70.5 Å². The fourth-order valence-corrected chi connectivity index (χ4v) is 5.48. The Balaban J connectivity index is 1.75. The van der Waals surface area contributed by atoms with Gasteiger partial charge in [0.1, 0.15) is 6.61 Å². The second kappa shape index (κ2) is 9.45. The molecule has 3 atom stereocenters. The molecule has 3 rings (SSSR count). The highest BCUT2D eigenvalue weighted by atomic mass is 28.4. The lowest BCUT2D eigenvalue weighted by Gasteiger charge is -2.38. The Kier molecular flexibility index (Phi) is 7.18. The van der Waals surface area contributed by atoms with Crippen LogP contribution in [0.5, 0.6) is 0 Å². The van der Waals surface area contributed by atoms with Crippen LogP contribution in [0.4, 0.5) is 10.5 Å². The summed E-state index contributed by atoms with van der Waals surface area (Å²) in [7, 11) is -0.671. The van der Waals surface area contributed by atoms with Gasteiger partial charge in [0.2, 0.25) is 11.8 Å². The molecule has 1 aromatic carbocycles. The minimum absolute atomic E-state index is 0.0221. The number of nitro benzene ring substituents is 1. The number of nitrogens with zero attached hydrogens (tertiary/aromatic N) is 3. The summed E-state index contributed by atoms with van der Waals surface area (Å²) >= 11 is 0. The van der Waals surface area contributed by atoms with E-state index in [0.717, 1.165) is 4.90 Å². The zero-order chi connectivity index (χ0) is 25.4. The van der Waals surface area contributed by atoms with E-state index in [2.05, 4.69) is 33.9 Å². The minimum atomic E-state index is -2.13.